The molecule has 0 rings (SSSR count). The summed E-state index contributed by atoms with van der Waals surface area (Å²) in [5.41, 5.74) is 0. The molecule has 67 valence electrons. The van der Waals surface area contributed by atoms with E-state index >= 15 is 0 Å². The summed E-state index contributed by atoms with van der Waals surface area (Å²) in [6.45, 7) is 0. The Morgan fingerprint density at radius 1 is 1.20 bits per heavy atom. The normalized spacial score (nSPS) is 3.10. The molecule has 0 spiro atoms. The Balaban J connectivity index is -0.00000000729. The maximum absolute atomic E-state index is 7.00. The van der Waals surface area contributed by atoms with Crippen LogP contribution in [0.5, 0.6) is 0 Å². The van der Waals surface area contributed by atoms with Gasteiger partial charge in [0.05, 0.1) is 0 Å². The molecule has 0 saturated carbocycles. The molecule has 0 atom stereocenters. The lowest BCUT2D eigenvalue weighted by Gasteiger charge is -1.25. The van der Waals surface area contributed by atoms with Crippen LogP contribution in [0.3, 0.4) is 0 Å². The maximum Gasteiger partial charge on any atom is 0.165 e. The van der Waals surface area contributed by atoms with E-state index in [1.165, 1.54) is 0 Å². The van der Waals surface area contributed by atoms with Crippen LogP contribution in [0, 0.1) is 9.93 Å². The van der Waals surface area contributed by atoms with Gasteiger partial charge in [-0.15, -0.1) is 0 Å². The second-order valence-electron chi connectivity index (χ2n) is 0. The molecule has 0 saturated heterocycles. The number of hydrogen-bond donors (Lipinski definition) is 5. The Bertz CT molecular complexity index is 22.4. The summed E-state index contributed by atoms with van der Waals surface area (Å²) in [7, 11) is 0.944. The highest BCUT2D eigenvalue weighted by molar-refractivity contribution is 8.03. The van der Waals surface area contributed by atoms with E-state index in [-0.39, 0.29) is 12.9 Å². The van der Waals surface area contributed by atoms with Gasteiger partial charge in [0.25, 0.3) is 0 Å². The van der Waals surface area contributed by atoms with Gasteiger partial charge >= 0.3 is 0 Å². The molecule has 0 aromatic carbocycles. The second-order valence-corrected chi connectivity index (χ2v) is 0. The van der Waals surface area contributed by atoms with Crippen molar-refractivity contribution < 1.29 is 26.5 Å². The van der Waals surface area contributed by atoms with Crippen molar-refractivity contribution in [3.63, 3.8) is 0 Å². The van der Waals surface area contributed by atoms with Gasteiger partial charge < -0.3 is 5.48 Å². The van der Waals surface area contributed by atoms with E-state index < -0.39 is 0 Å². The predicted molar refractivity (Wildman–Crippen MR) is 43.7 cm³/mol. The van der Waals surface area contributed by atoms with Crippen LogP contribution in [0.25, 0.3) is 0 Å². The van der Waals surface area contributed by atoms with E-state index in [4.69, 9.17) is 32.3 Å². The van der Waals surface area contributed by atoms with Crippen molar-refractivity contribution >= 4 is 19.6 Å². The second kappa shape index (κ2) is 15700. The quantitative estimate of drug-likeness (QED) is 0.149. The van der Waals surface area contributed by atoms with Crippen LogP contribution in [-0.4, -0.2) is 34.9 Å². The molecule has 0 unspecified atom stereocenters. The van der Waals surface area contributed by atoms with E-state index in [1.807, 2.05) is 0 Å². The Morgan fingerprint density at radius 3 is 1.20 bits per heavy atom. The van der Waals surface area contributed by atoms with Crippen molar-refractivity contribution in [2.45, 2.75) is 7.43 Å². The highest BCUT2D eigenvalue weighted by Crippen LogP contribution is 1.26. The van der Waals surface area contributed by atoms with Gasteiger partial charge in [-0.1, -0.05) is 7.43 Å². The van der Waals surface area contributed by atoms with Crippen molar-refractivity contribution in [2.24, 2.45) is 0 Å². The summed E-state index contributed by atoms with van der Waals surface area (Å²) in [5.74, 6) is 0. The number of thiol groups is 1. The molecular formula is CH12BO7S. The predicted octanol–water partition coefficient (Wildman–Crippen LogP) is -0.355. The molecule has 0 aromatic rings. The lowest BCUT2D eigenvalue weighted by atomic mass is 10.8. The average Bonchev–Trinajstić information content (AvgIpc) is 2.01. The minimum absolute atomic E-state index is 0. The van der Waals surface area contributed by atoms with Crippen LogP contribution in [-0.2, 0) is 0 Å². The Hall–Kier alpha value is -0.185. The van der Waals surface area contributed by atoms with Crippen LogP contribution in [0.1, 0.15) is 7.43 Å². The van der Waals surface area contributed by atoms with Gasteiger partial charge in [0, 0.05) is 9.93 Å². The highest BCUT2D eigenvalue weighted by Gasteiger charge is 0.983. The fourth-order valence-corrected chi connectivity index (χ4v) is 0. The van der Waals surface area contributed by atoms with Gasteiger partial charge in [-0.3, -0.25) is 21.0 Å². The first-order valence-corrected chi connectivity index (χ1v) is 1.34. The van der Waals surface area contributed by atoms with E-state index in [1.54, 1.807) is 0 Å². The first-order chi connectivity index (χ1) is 4.41. The molecule has 0 amide bonds. The monoisotopic (exact) mass is 180 g/mol. The maximum atomic E-state index is 7.00. The smallest absolute Gasteiger partial charge is 0.165 e. The Labute approximate surface area is 65.8 Å². The minimum atomic E-state index is 0. The molecule has 0 bridgehead atoms. The summed E-state index contributed by atoms with van der Waals surface area (Å²) >= 11 is 3.33. The molecule has 0 aliphatic heterocycles. The van der Waals surface area contributed by atoms with Gasteiger partial charge in [-0.2, -0.15) is 0 Å². The third-order valence-corrected chi connectivity index (χ3v) is 0. The van der Waals surface area contributed by atoms with Crippen molar-refractivity contribution in [3.05, 3.63) is 9.93 Å². The van der Waals surface area contributed by atoms with Crippen molar-refractivity contribution in [3.8, 4) is 0 Å². The summed E-state index contributed by atoms with van der Waals surface area (Å²) < 4.78 is 5.95. The zero-order valence-corrected chi connectivity index (χ0v) is 5.02. The number of hydrogen-bond acceptors (Lipinski definition) is 7. The Kier molecular flexibility index (Phi) is 51700. The molecule has 0 fully saturated rings. The summed E-state index contributed by atoms with van der Waals surface area (Å²) in [4.78, 5) is 14.0. The van der Waals surface area contributed by atoms with Gasteiger partial charge in [0.2, 0.25) is 0 Å². The third-order valence-electron chi connectivity index (χ3n) is 0. The topological polar surface area (TPSA) is 147 Å². The zero-order valence-electron chi connectivity index (χ0n) is 5.13. The van der Waals surface area contributed by atoms with Crippen molar-refractivity contribution in [1.82, 2.24) is 0 Å². The fraction of sp³-hybridized carbons (Fsp3) is 1.00. The van der Waals surface area contributed by atoms with Crippen LogP contribution in [0.15, 0.2) is 0 Å². The summed E-state index contributed by atoms with van der Waals surface area (Å²) in [6.07, 6.45) is 0. The summed E-state index contributed by atoms with van der Waals surface area (Å²) in [5, 5.41) is 24.0. The van der Waals surface area contributed by atoms with Gasteiger partial charge in [-0.05, 0) is 1.34 Å². The van der Waals surface area contributed by atoms with Crippen molar-refractivity contribution in [1.29, 1.82) is 1.34 Å². The summed E-state index contributed by atoms with van der Waals surface area (Å²) in [6, 6.07) is 0. The lowest BCUT2D eigenvalue weighted by molar-refractivity contribution is -0.176. The SMILES string of the molecule is C.O.O=O.OO.OO.[2H][B]S. The van der Waals surface area contributed by atoms with Crippen LogP contribution >= 0.6 is 12.5 Å². The van der Waals surface area contributed by atoms with E-state index in [0.717, 1.165) is 7.09 Å². The van der Waals surface area contributed by atoms with E-state index in [9.17, 15) is 0 Å². The highest BCUT2D eigenvalue weighted by atomic mass is 32.1. The molecule has 1 radical (unpaired) electrons. The molecule has 0 aromatic heterocycles. The Morgan fingerprint density at radius 2 is 1.20 bits per heavy atom. The first-order valence-electron chi connectivity index (χ1n) is 1.40. The molecule has 0 aliphatic carbocycles. The largest absolute Gasteiger partial charge is 0.412 e. The molecule has 7 nitrogen and oxygen atoms in total. The average molecular weight is 180 g/mol. The van der Waals surface area contributed by atoms with Crippen LogP contribution < -0.4 is 0 Å². The van der Waals surface area contributed by atoms with Crippen molar-refractivity contribution in [2.75, 3.05) is 0 Å². The first kappa shape index (κ1) is 32.9. The van der Waals surface area contributed by atoms with Crippen LogP contribution in [0.2, 0.25) is 0 Å². The molecule has 0 heterocycles. The van der Waals surface area contributed by atoms with Gasteiger partial charge in [0.1, 0.15) is 0 Å². The van der Waals surface area contributed by atoms with E-state index in [0.29, 0.717) is 0 Å². The van der Waals surface area contributed by atoms with Gasteiger partial charge in [0.15, 0.2) is 7.09 Å². The molecule has 10 heavy (non-hydrogen) atoms. The minimum Gasteiger partial charge on any atom is -0.412 e. The van der Waals surface area contributed by atoms with Crippen LogP contribution in [0.4, 0.5) is 0 Å². The lowest BCUT2D eigenvalue weighted by Crippen LogP contribution is -1.29. The molecule has 0 aliphatic rings. The molecule has 9 heteroatoms. The number of rotatable bonds is 0. The third kappa shape index (κ3) is 10600. The van der Waals surface area contributed by atoms with E-state index in [2.05, 4.69) is 12.5 Å². The molecular weight excluding hydrogens is 167 g/mol. The fourth-order valence-electron chi connectivity index (χ4n) is 0. The molecule has 6 N–H and O–H groups in total. The standard InChI is InChI=1S/CH4.BH2S.2H2O2.O2.H2O/c;4*1-2;/h1H4;3*1-2H;;1H2/i;1D;;;;. The zero-order chi connectivity index (χ0) is 8.71. The van der Waals surface area contributed by atoms with Gasteiger partial charge in [-0.25, -0.2) is 12.5 Å².